The monoisotopic (exact) mass is 294 g/mol. The number of hydrogen-bond donors (Lipinski definition) is 0. The average molecular weight is 295 g/mol. The quantitative estimate of drug-likeness (QED) is 0.772. The first-order chi connectivity index (χ1) is 8.99. The van der Waals surface area contributed by atoms with Crippen LogP contribution in [0.1, 0.15) is 18.4 Å². The molecule has 0 aliphatic carbocycles. The van der Waals surface area contributed by atoms with Gasteiger partial charge < -0.3 is 8.54 Å². The van der Waals surface area contributed by atoms with Crippen molar-refractivity contribution in [2.75, 3.05) is 6.61 Å². The molecule has 1 heterocycles. The standard InChI is InChI=1S/C15H26O2Si2/c1-18(2)13-8-7-12-16-19(3,17-18)14-11-15-9-5-4-6-10-15/h4-6,9-10H,7-8,11-14H2,1-3H3. The van der Waals surface area contributed by atoms with Crippen molar-refractivity contribution in [2.45, 2.75) is 51.0 Å². The van der Waals surface area contributed by atoms with Crippen LogP contribution >= 0.6 is 0 Å². The lowest BCUT2D eigenvalue weighted by molar-refractivity contribution is 0.225. The van der Waals surface area contributed by atoms with Crippen molar-refractivity contribution in [2.24, 2.45) is 0 Å². The molecule has 1 saturated heterocycles. The van der Waals surface area contributed by atoms with Crippen LogP contribution in [0.2, 0.25) is 31.7 Å². The summed E-state index contributed by atoms with van der Waals surface area (Å²) < 4.78 is 12.7. The Balaban J connectivity index is 1.98. The molecule has 0 spiro atoms. The molecule has 106 valence electrons. The normalized spacial score (nSPS) is 27.5. The fraction of sp³-hybridized carbons (Fsp3) is 0.600. The van der Waals surface area contributed by atoms with E-state index >= 15 is 0 Å². The van der Waals surface area contributed by atoms with Crippen LogP contribution in [0, 0.1) is 0 Å². The molecule has 0 saturated carbocycles. The molecule has 0 radical (unpaired) electrons. The zero-order valence-electron chi connectivity index (χ0n) is 12.4. The minimum atomic E-state index is -1.98. The Morgan fingerprint density at radius 1 is 1.05 bits per heavy atom. The Morgan fingerprint density at radius 2 is 1.79 bits per heavy atom. The molecule has 1 aromatic rings. The SMILES string of the molecule is C[Si]1(C)CCCCO[Si](C)(CCc2ccccc2)O1. The molecule has 2 nitrogen and oxygen atoms in total. The third-order valence-electron chi connectivity index (χ3n) is 3.78. The molecule has 1 atom stereocenters. The molecule has 1 aromatic carbocycles. The summed E-state index contributed by atoms with van der Waals surface area (Å²) in [4.78, 5) is 0. The molecule has 0 N–H and O–H groups in total. The van der Waals surface area contributed by atoms with E-state index in [1.807, 2.05) is 0 Å². The molecule has 1 fully saturated rings. The molecule has 0 amide bonds. The van der Waals surface area contributed by atoms with Gasteiger partial charge in [-0.05, 0) is 50.1 Å². The fourth-order valence-corrected chi connectivity index (χ4v) is 11.0. The minimum absolute atomic E-state index is 0.891. The lowest BCUT2D eigenvalue weighted by Gasteiger charge is -2.37. The van der Waals surface area contributed by atoms with Crippen LogP contribution in [0.5, 0.6) is 0 Å². The van der Waals surface area contributed by atoms with E-state index in [4.69, 9.17) is 8.54 Å². The van der Waals surface area contributed by atoms with Gasteiger partial charge in [-0.1, -0.05) is 36.8 Å². The van der Waals surface area contributed by atoms with E-state index in [1.165, 1.54) is 24.4 Å². The minimum Gasteiger partial charge on any atom is -0.436 e. The van der Waals surface area contributed by atoms with Crippen LogP contribution < -0.4 is 0 Å². The van der Waals surface area contributed by atoms with Gasteiger partial charge in [0.15, 0.2) is 8.32 Å². The summed E-state index contributed by atoms with van der Waals surface area (Å²) in [5.41, 5.74) is 1.39. The molecule has 2 rings (SSSR count). The first kappa shape index (κ1) is 15.0. The van der Waals surface area contributed by atoms with Crippen LogP contribution in [-0.4, -0.2) is 23.5 Å². The molecule has 1 aliphatic rings. The van der Waals surface area contributed by atoms with Crippen molar-refractivity contribution in [1.82, 2.24) is 0 Å². The number of rotatable bonds is 3. The molecule has 0 bridgehead atoms. The van der Waals surface area contributed by atoms with E-state index in [1.54, 1.807) is 0 Å². The summed E-state index contributed by atoms with van der Waals surface area (Å²) in [5.74, 6) is 0. The Kier molecular flexibility index (Phi) is 5.00. The topological polar surface area (TPSA) is 18.5 Å². The van der Waals surface area contributed by atoms with E-state index in [2.05, 4.69) is 50.0 Å². The van der Waals surface area contributed by atoms with Gasteiger partial charge in [0.25, 0.3) is 0 Å². The smallest absolute Gasteiger partial charge is 0.325 e. The summed E-state index contributed by atoms with van der Waals surface area (Å²) in [5, 5.41) is 0. The van der Waals surface area contributed by atoms with E-state index < -0.39 is 16.9 Å². The van der Waals surface area contributed by atoms with Gasteiger partial charge in [0.2, 0.25) is 0 Å². The van der Waals surface area contributed by atoms with Gasteiger partial charge in [0.1, 0.15) is 0 Å². The summed E-state index contributed by atoms with van der Waals surface area (Å²) >= 11 is 0. The Morgan fingerprint density at radius 3 is 2.53 bits per heavy atom. The second kappa shape index (κ2) is 6.35. The summed E-state index contributed by atoms with van der Waals surface area (Å²) in [6, 6.07) is 13.0. The van der Waals surface area contributed by atoms with Crippen LogP contribution in [0.15, 0.2) is 30.3 Å². The van der Waals surface area contributed by atoms with Crippen LogP contribution in [0.25, 0.3) is 0 Å². The second-order valence-corrected chi connectivity index (χ2v) is 14.2. The van der Waals surface area contributed by atoms with Gasteiger partial charge in [-0.25, -0.2) is 0 Å². The first-order valence-electron chi connectivity index (χ1n) is 7.37. The van der Waals surface area contributed by atoms with E-state index in [0.29, 0.717) is 0 Å². The maximum Gasteiger partial charge on any atom is 0.325 e. The largest absolute Gasteiger partial charge is 0.436 e. The number of hydrogen-bond acceptors (Lipinski definition) is 2. The maximum atomic E-state index is 6.54. The predicted molar refractivity (Wildman–Crippen MR) is 85.1 cm³/mol. The van der Waals surface area contributed by atoms with E-state index in [9.17, 15) is 0 Å². The van der Waals surface area contributed by atoms with Crippen molar-refractivity contribution < 1.29 is 8.54 Å². The summed E-state index contributed by atoms with van der Waals surface area (Å²) in [6.45, 7) is 7.84. The highest BCUT2D eigenvalue weighted by atomic mass is 28.4. The molecule has 19 heavy (non-hydrogen) atoms. The van der Waals surface area contributed by atoms with Gasteiger partial charge in [0.05, 0.1) is 0 Å². The van der Waals surface area contributed by atoms with Gasteiger partial charge in [0, 0.05) is 6.61 Å². The van der Waals surface area contributed by atoms with Crippen molar-refractivity contribution >= 4 is 16.9 Å². The molecule has 1 unspecified atom stereocenters. The third-order valence-corrected chi connectivity index (χ3v) is 11.3. The van der Waals surface area contributed by atoms with Crippen molar-refractivity contribution in [1.29, 1.82) is 0 Å². The van der Waals surface area contributed by atoms with Crippen LogP contribution in [0.3, 0.4) is 0 Å². The Labute approximate surface area is 119 Å². The number of benzene rings is 1. The lowest BCUT2D eigenvalue weighted by atomic mass is 10.2. The molecular formula is C15H26O2Si2. The highest BCUT2D eigenvalue weighted by molar-refractivity contribution is 6.82. The Bertz CT molecular complexity index is 394. The average Bonchev–Trinajstić information content (AvgIpc) is 2.35. The Hall–Kier alpha value is -0.426. The van der Waals surface area contributed by atoms with Crippen molar-refractivity contribution in [3.63, 3.8) is 0 Å². The number of aryl methyl sites for hydroxylation is 1. The summed E-state index contributed by atoms with van der Waals surface area (Å²) in [6.07, 6.45) is 3.55. The fourth-order valence-electron chi connectivity index (χ4n) is 2.75. The van der Waals surface area contributed by atoms with Gasteiger partial charge in [-0.3, -0.25) is 0 Å². The molecule has 4 heteroatoms. The third kappa shape index (κ3) is 4.87. The zero-order chi connectivity index (χ0) is 13.8. The van der Waals surface area contributed by atoms with Crippen molar-refractivity contribution in [3.05, 3.63) is 35.9 Å². The first-order valence-corrected chi connectivity index (χ1v) is 13.0. The molecule has 0 aromatic heterocycles. The molecular weight excluding hydrogens is 268 g/mol. The predicted octanol–water partition coefficient (Wildman–Crippen LogP) is 4.33. The zero-order valence-corrected chi connectivity index (χ0v) is 14.4. The van der Waals surface area contributed by atoms with Crippen LogP contribution in [0.4, 0.5) is 0 Å². The van der Waals surface area contributed by atoms with E-state index in [-0.39, 0.29) is 0 Å². The highest BCUT2D eigenvalue weighted by Crippen LogP contribution is 2.28. The van der Waals surface area contributed by atoms with Crippen LogP contribution in [-0.2, 0) is 15.0 Å². The second-order valence-electron chi connectivity index (χ2n) is 6.29. The maximum absolute atomic E-state index is 6.54. The van der Waals surface area contributed by atoms with Gasteiger partial charge in [-0.2, -0.15) is 0 Å². The summed E-state index contributed by atoms with van der Waals surface area (Å²) in [7, 11) is -3.49. The highest BCUT2D eigenvalue weighted by Gasteiger charge is 2.39. The van der Waals surface area contributed by atoms with Gasteiger partial charge in [-0.15, -0.1) is 0 Å². The lowest BCUT2D eigenvalue weighted by Crippen LogP contribution is -2.50. The molecule has 1 aliphatic heterocycles. The van der Waals surface area contributed by atoms with E-state index in [0.717, 1.165) is 19.1 Å². The van der Waals surface area contributed by atoms with Crippen molar-refractivity contribution in [3.8, 4) is 0 Å². The van der Waals surface area contributed by atoms with Gasteiger partial charge >= 0.3 is 8.56 Å².